The Morgan fingerprint density at radius 1 is 1.25 bits per heavy atom. The topological polar surface area (TPSA) is 21.3 Å². The zero-order valence-corrected chi connectivity index (χ0v) is 13.2. The van der Waals surface area contributed by atoms with E-state index in [9.17, 15) is 4.39 Å². The van der Waals surface area contributed by atoms with Crippen molar-refractivity contribution >= 4 is 0 Å². The third kappa shape index (κ3) is 4.78. The van der Waals surface area contributed by atoms with Gasteiger partial charge in [-0.1, -0.05) is 39.7 Å². The van der Waals surface area contributed by atoms with Gasteiger partial charge in [-0.05, 0) is 37.4 Å². The van der Waals surface area contributed by atoms with E-state index in [2.05, 4.69) is 26.1 Å². The Balaban J connectivity index is 2.97. The first kappa shape index (κ1) is 17.0. The van der Waals surface area contributed by atoms with Crippen LogP contribution in [-0.4, -0.2) is 13.7 Å². The standard InChI is InChI=1S/C17H28FNO/c1-5-8-13(3)12-15(19-11-6-2)17-14(18)9-7-10-16(17)20-4/h7,9-10,13,15,19H,5-6,8,11-12H2,1-4H3. The third-order valence-electron chi connectivity index (χ3n) is 3.64. The largest absolute Gasteiger partial charge is 0.496 e. The molecule has 0 aromatic heterocycles. The molecule has 0 fully saturated rings. The van der Waals surface area contributed by atoms with Crippen molar-refractivity contribution in [1.29, 1.82) is 0 Å². The van der Waals surface area contributed by atoms with E-state index < -0.39 is 0 Å². The van der Waals surface area contributed by atoms with Crippen LogP contribution in [0.2, 0.25) is 0 Å². The summed E-state index contributed by atoms with van der Waals surface area (Å²) in [5, 5.41) is 3.47. The highest BCUT2D eigenvalue weighted by Crippen LogP contribution is 2.32. The molecule has 0 bridgehead atoms. The number of nitrogens with one attached hydrogen (secondary N) is 1. The molecule has 3 heteroatoms. The maximum Gasteiger partial charge on any atom is 0.131 e. The van der Waals surface area contributed by atoms with Gasteiger partial charge in [-0.2, -0.15) is 0 Å². The minimum absolute atomic E-state index is 0.0210. The smallest absolute Gasteiger partial charge is 0.131 e. The monoisotopic (exact) mass is 281 g/mol. The summed E-state index contributed by atoms with van der Waals surface area (Å²) in [7, 11) is 1.60. The molecular formula is C17H28FNO. The van der Waals surface area contributed by atoms with Gasteiger partial charge in [0.1, 0.15) is 11.6 Å². The normalized spacial score (nSPS) is 14.1. The summed E-state index contributed by atoms with van der Waals surface area (Å²) < 4.78 is 19.6. The molecule has 0 saturated heterocycles. The van der Waals surface area contributed by atoms with Gasteiger partial charge in [0.15, 0.2) is 0 Å². The average molecular weight is 281 g/mol. The number of rotatable bonds is 9. The average Bonchev–Trinajstić information content (AvgIpc) is 2.43. The van der Waals surface area contributed by atoms with Gasteiger partial charge >= 0.3 is 0 Å². The molecule has 1 aromatic rings. The van der Waals surface area contributed by atoms with Crippen LogP contribution >= 0.6 is 0 Å². The molecule has 0 heterocycles. The highest BCUT2D eigenvalue weighted by molar-refractivity contribution is 5.37. The van der Waals surface area contributed by atoms with Gasteiger partial charge in [0.25, 0.3) is 0 Å². The van der Waals surface area contributed by atoms with Crippen LogP contribution in [0.25, 0.3) is 0 Å². The third-order valence-corrected chi connectivity index (χ3v) is 3.64. The fourth-order valence-corrected chi connectivity index (χ4v) is 2.67. The number of hydrogen-bond donors (Lipinski definition) is 1. The second-order valence-electron chi connectivity index (χ2n) is 5.49. The first-order valence-electron chi connectivity index (χ1n) is 7.69. The van der Waals surface area contributed by atoms with Gasteiger partial charge in [0.05, 0.1) is 7.11 Å². The second-order valence-corrected chi connectivity index (χ2v) is 5.49. The molecule has 2 nitrogen and oxygen atoms in total. The van der Waals surface area contributed by atoms with Gasteiger partial charge in [0, 0.05) is 11.6 Å². The molecule has 2 atom stereocenters. The predicted molar refractivity (Wildman–Crippen MR) is 82.7 cm³/mol. The Bertz CT molecular complexity index is 395. The van der Waals surface area contributed by atoms with E-state index in [0.29, 0.717) is 17.2 Å². The van der Waals surface area contributed by atoms with Crippen molar-refractivity contribution in [3.05, 3.63) is 29.6 Å². The van der Waals surface area contributed by atoms with Crippen LogP contribution in [0.15, 0.2) is 18.2 Å². The van der Waals surface area contributed by atoms with E-state index in [-0.39, 0.29) is 11.9 Å². The predicted octanol–water partition coefficient (Wildman–Crippen LogP) is 4.70. The molecular weight excluding hydrogens is 253 g/mol. The van der Waals surface area contributed by atoms with Gasteiger partial charge in [-0.3, -0.25) is 0 Å². The van der Waals surface area contributed by atoms with E-state index in [0.717, 1.165) is 25.8 Å². The molecule has 114 valence electrons. The summed E-state index contributed by atoms with van der Waals surface area (Å²) in [6.45, 7) is 7.44. The Morgan fingerprint density at radius 2 is 2.00 bits per heavy atom. The van der Waals surface area contributed by atoms with Crippen molar-refractivity contribution in [2.24, 2.45) is 5.92 Å². The van der Waals surface area contributed by atoms with Crippen LogP contribution in [-0.2, 0) is 0 Å². The first-order valence-corrected chi connectivity index (χ1v) is 7.69. The summed E-state index contributed by atoms with van der Waals surface area (Å²) in [5.74, 6) is 1.03. The highest BCUT2D eigenvalue weighted by Gasteiger charge is 2.21. The fourth-order valence-electron chi connectivity index (χ4n) is 2.67. The van der Waals surface area contributed by atoms with Crippen LogP contribution in [0.1, 0.15) is 58.1 Å². The second kappa shape index (κ2) is 8.96. The van der Waals surface area contributed by atoms with E-state index in [1.165, 1.54) is 12.5 Å². The van der Waals surface area contributed by atoms with Gasteiger partial charge < -0.3 is 10.1 Å². The lowest BCUT2D eigenvalue weighted by atomic mass is 9.92. The minimum atomic E-state index is -0.179. The van der Waals surface area contributed by atoms with Crippen LogP contribution < -0.4 is 10.1 Å². The van der Waals surface area contributed by atoms with E-state index in [4.69, 9.17) is 4.74 Å². The quantitative estimate of drug-likeness (QED) is 0.708. The van der Waals surface area contributed by atoms with E-state index in [1.807, 2.05) is 6.07 Å². The number of methoxy groups -OCH3 is 1. The van der Waals surface area contributed by atoms with Crippen molar-refractivity contribution in [2.75, 3.05) is 13.7 Å². The molecule has 0 radical (unpaired) electrons. The molecule has 1 N–H and O–H groups in total. The Kier molecular flexibility index (Phi) is 7.60. The molecule has 0 aliphatic heterocycles. The summed E-state index contributed by atoms with van der Waals surface area (Å²) in [6.07, 6.45) is 4.30. The lowest BCUT2D eigenvalue weighted by molar-refractivity contribution is 0.355. The molecule has 0 amide bonds. The summed E-state index contributed by atoms with van der Waals surface area (Å²) >= 11 is 0. The molecule has 0 spiro atoms. The Labute approximate surface area is 122 Å². The first-order chi connectivity index (χ1) is 9.63. The summed E-state index contributed by atoms with van der Waals surface area (Å²) in [4.78, 5) is 0. The van der Waals surface area contributed by atoms with E-state index in [1.54, 1.807) is 13.2 Å². The molecule has 0 aliphatic rings. The lowest BCUT2D eigenvalue weighted by Crippen LogP contribution is -2.25. The molecule has 1 rings (SSSR count). The minimum Gasteiger partial charge on any atom is -0.496 e. The molecule has 0 aliphatic carbocycles. The lowest BCUT2D eigenvalue weighted by Gasteiger charge is -2.24. The number of hydrogen-bond acceptors (Lipinski definition) is 2. The number of ether oxygens (including phenoxy) is 1. The molecule has 1 aromatic carbocycles. The highest BCUT2D eigenvalue weighted by atomic mass is 19.1. The van der Waals surface area contributed by atoms with Crippen molar-refractivity contribution < 1.29 is 9.13 Å². The van der Waals surface area contributed by atoms with Crippen LogP contribution in [0.4, 0.5) is 4.39 Å². The van der Waals surface area contributed by atoms with Crippen molar-refractivity contribution in [3.8, 4) is 5.75 Å². The zero-order valence-electron chi connectivity index (χ0n) is 13.2. The summed E-state index contributed by atoms with van der Waals surface area (Å²) in [6, 6.07) is 5.07. The van der Waals surface area contributed by atoms with Gasteiger partial charge in [-0.25, -0.2) is 4.39 Å². The molecule has 0 saturated carbocycles. The maximum atomic E-state index is 14.2. The molecule has 20 heavy (non-hydrogen) atoms. The number of benzene rings is 1. The maximum absolute atomic E-state index is 14.2. The van der Waals surface area contributed by atoms with Crippen molar-refractivity contribution in [2.45, 2.75) is 52.5 Å². The van der Waals surface area contributed by atoms with Crippen LogP contribution in [0.5, 0.6) is 5.75 Å². The number of halogens is 1. The van der Waals surface area contributed by atoms with Crippen molar-refractivity contribution in [1.82, 2.24) is 5.32 Å². The van der Waals surface area contributed by atoms with E-state index >= 15 is 0 Å². The van der Waals surface area contributed by atoms with Gasteiger partial charge in [-0.15, -0.1) is 0 Å². The van der Waals surface area contributed by atoms with Crippen LogP contribution in [0, 0.1) is 11.7 Å². The van der Waals surface area contributed by atoms with Gasteiger partial charge in [0.2, 0.25) is 0 Å². The zero-order chi connectivity index (χ0) is 15.0. The fraction of sp³-hybridized carbons (Fsp3) is 0.647. The SMILES string of the molecule is CCCNC(CC(C)CCC)c1c(F)cccc1OC. The van der Waals surface area contributed by atoms with Crippen molar-refractivity contribution in [3.63, 3.8) is 0 Å². The van der Waals surface area contributed by atoms with Crippen LogP contribution in [0.3, 0.4) is 0 Å². The summed E-state index contributed by atoms with van der Waals surface area (Å²) in [5.41, 5.74) is 0.673. The Hall–Kier alpha value is -1.09. The Morgan fingerprint density at radius 3 is 2.60 bits per heavy atom. The molecule has 2 unspecified atom stereocenters.